The lowest BCUT2D eigenvalue weighted by atomic mass is 10.2. The SMILES string of the molecule is CNC(C)CNS(=O)(=O)c1cc(Br)cc(C(N)=O)c1.Cl. The zero-order chi connectivity index (χ0) is 14.6. The van der Waals surface area contributed by atoms with E-state index in [2.05, 4.69) is 26.0 Å². The van der Waals surface area contributed by atoms with E-state index in [1.807, 2.05) is 6.92 Å². The summed E-state index contributed by atoms with van der Waals surface area (Å²) in [7, 11) is -1.93. The summed E-state index contributed by atoms with van der Waals surface area (Å²) >= 11 is 3.16. The Morgan fingerprint density at radius 2 is 2.00 bits per heavy atom. The average Bonchev–Trinajstić information content (AvgIpc) is 2.35. The number of amides is 1. The molecular weight excluding hydrogens is 370 g/mol. The number of rotatable bonds is 6. The van der Waals surface area contributed by atoms with Crippen LogP contribution in [0.4, 0.5) is 0 Å². The van der Waals surface area contributed by atoms with Crippen molar-refractivity contribution in [3.8, 4) is 0 Å². The van der Waals surface area contributed by atoms with E-state index >= 15 is 0 Å². The van der Waals surface area contributed by atoms with Crippen LogP contribution in [0, 0.1) is 0 Å². The van der Waals surface area contributed by atoms with Crippen molar-refractivity contribution in [2.45, 2.75) is 17.9 Å². The fourth-order valence-electron chi connectivity index (χ4n) is 1.28. The van der Waals surface area contributed by atoms with E-state index in [0.717, 1.165) is 0 Å². The van der Waals surface area contributed by atoms with E-state index in [1.165, 1.54) is 18.2 Å². The molecule has 0 bridgehead atoms. The minimum absolute atomic E-state index is 0. The van der Waals surface area contributed by atoms with Gasteiger partial charge < -0.3 is 11.1 Å². The Hall–Kier alpha value is -0.670. The number of nitrogens with two attached hydrogens (primary N) is 1. The van der Waals surface area contributed by atoms with Gasteiger partial charge in [0.2, 0.25) is 15.9 Å². The van der Waals surface area contributed by atoms with Gasteiger partial charge in [-0.15, -0.1) is 12.4 Å². The molecule has 0 saturated heterocycles. The highest BCUT2D eigenvalue weighted by Gasteiger charge is 2.17. The van der Waals surface area contributed by atoms with Crippen molar-refractivity contribution in [3.63, 3.8) is 0 Å². The number of sulfonamides is 1. The van der Waals surface area contributed by atoms with Crippen LogP contribution in [0.5, 0.6) is 0 Å². The number of benzene rings is 1. The third-order valence-electron chi connectivity index (χ3n) is 2.54. The molecule has 1 unspecified atom stereocenters. The molecule has 0 aliphatic rings. The van der Waals surface area contributed by atoms with Crippen molar-refractivity contribution >= 4 is 44.3 Å². The highest BCUT2D eigenvalue weighted by atomic mass is 79.9. The largest absolute Gasteiger partial charge is 0.366 e. The molecule has 0 saturated carbocycles. The monoisotopic (exact) mass is 385 g/mol. The molecule has 1 amide bonds. The van der Waals surface area contributed by atoms with E-state index in [-0.39, 0.29) is 35.5 Å². The van der Waals surface area contributed by atoms with Crippen LogP contribution in [0.2, 0.25) is 0 Å². The van der Waals surface area contributed by atoms with Gasteiger partial charge in [0, 0.05) is 22.6 Å². The molecular formula is C11H17BrClN3O3S. The molecule has 6 nitrogen and oxygen atoms in total. The van der Waals surface area contributed by atoms with Gasteiger partial charge >= 0.3 is 0 Å². The van der Waals surface area contributed by atoms with Gasteiger partial charge in [-0.2, -0.15) is 0 Å². The lowest BCUT2D eigenvalue weighted by molar-refractivity contribution is 0.1000. The van der Waals surface area contributed by atoms with Gasteiger partial charge in [0.05, 0.1) is 4.90 Å². The molecule has 4 N–H and O–H groups in total. The highest BCUT2D eigenvalue weighted by molar-refractivity contribution is 9.10. The van der Waals surface area contributed by atoms with E-state index < -0.39 is 15.9 Å². The van der Waals surface area contributed by atoms with E-state index in [9.17, 15) is 13.2 Å². The molecule has 114 valence electrons. The lowest BCUT2D eigenvalue weighted by Gasteiger charge is -2.12. The topological polar surface area (TPSA) is 101 Å². The van der Waals surface area contributed by atoms with Gasteiger partial charge in [0.1, 0.15) is 0 Å². The summed E-state index contributed by atoms with van der Waals surface area (Å²) in [4.78, 5) is 11.1. The average molecular weight is 387 g/mol. The summed E-state index contributed by atoms with van der Waals surface area (Å²) in [6.07, 6.45) is 0. The van der Waals surface area contributed by atoms with Crippen molar-refractivity contribution in [1.29, 1.82) is 0 Å². The summed E-state index contributed by atoms with van der Waals surface area (Å²) in [6.45, 7) is 2.09. The molecule has 1 atom stereocenters. The van der Waals surface area contributed by atoms with Crippen LogP contribution in [-0.4, -0.2) is 34.0 Å². The number of hydrogen-bond acceptors (Lipinski definition) is 4. The number of hydrogen-bond donors (Lipinski definition) is 3. The molecule has 0 spiro atoms. The summed E-state index contributed by atoms with van der Waals surface area (Å²) < 4.78 is 27.1. The molecule has 9 heteroatoms. The van der Waals surface area contributed by atoms with Gasteiger partial charge in [-0.05, 0) is 32.2 Å². The Balaban J connectivity index is 0.00000361. The Kier molecular flexibility index (Phi) is 7.67. The van der Waals surface area contributed by atoms with Crippen molar-refractivity contribution in [2.75, 3.05) is 13.6 Å². The summed E-state index contributed by atoms with van der Waals surface area (Å²) in [5.41, 5.74) is 5.29. The van der Waals surface area contributed by atoms with Crippen LogP contribution >= 0.6 is 28.3 Å². The molecule has 0 radical (unpaired) electrons. The first-order valence-corrected chi connectivity index (χ1v) is 7.81. The third kappa shape index (κ3) is 5.37. The number of nitrogens with one attached hydrogen (secondary N) is 2. The maximum absolute atomic E-state index is 12.1. The van der Waals surface area contributed by atoms with Crippen molar-refractivity contribution in [2.24, 2.45) is 5.73 Å². The van der Waals surface area contributed by atoms with Crippen LogP contribution in [0.15, 0.2) is 27.6 Å². The van der Waals surface area contributed by atoms with Crippen molar-refractivity contribution in [1.82, 2.24) is 10.0 Å². The number of likely N-dealkylation sites (N-methyl/N-ethyl adjacent to an activating group) is 1. The van der Waals surface area contributed by atoms with E-state index in [4.69, 9.17) is 5.73 Å². The first kappa shape index (κ1) is 19.3. The van der Waals surface area contributed by atoms with Crippen LogP contribution in [0.25, 0.3) is 0 Å². The molecule has 1 aromatic rings. The number of carbonyl (C=O) groups excluding carboxylic acids is 1. The molecule has 0 fully saturated rings. The van der Waals surface area contributed by atoms with Gasteiger partial charge in [-0.3, -0.25) is 4.79 Å². The zero-order valence-corrected chi connectivity index (χ0v) is 14.2. The first-order valence-electron chi connectivity index (χ1n) is 5.53. The molecule has 0 heterocycles. The maximum atomic E-state index is 12.1. The Labute approximate surface area is 133 Å². The number of primary amides is 1. The fourth-order valence-corrected chi connectivity index (χ4v) is 3.13. The second kappa shape index (κ2) is 7.94. The van der Waals surface area contributed by atoms with Crippen LogP contribution < -0.4 is 15.8 Å². The van der Waals surface area contributed by atoms with E-state index in [0.29, 0.717) is 4.47 Å². The second-order valence-electron chi connectivity index (χ2n) is 4.08. The quantitative estimate of drug-likeness (QED) is 0.675. The van der Waals surface area contributed by atoms with E-state index in [1.54, 1.807) is 7.05 Å². The Morgan fingerprint density at radius 3 is 2.50 bits per heavy atom. The summed E-state index contributed by atoms with van der Waals surface area (Å²) in [5.74, 6) is -0.679. The molecule has 1 rings (SSSR count). The van der Waals surface area contributed by atoms with Gasteiger partial charge in [-0.25, -0.2) is 13.1 Å². The Bertz CT molecular complexity index is 580. The standard InChI is InChI=1S/C11H16BrN3O3S.ClH/c1-7(14-2)6-15-19(17,18)10-4-8(11(13)16)3-9(12)5-10;/h3-5,7,14-15H,6H2,1-2H3,(H2,13,16);1H. The second-order valence-corrected chi connectivity index (χ2v) is 6.76. The molecule has 0 aliphatic carbocycles. The molecule has 1 aromatic carbocycles. The minimum atomic E-state index is -3.67. The molecule has 20 heavy (non-hydrogen) atoms. The minimum Gasteiger partial charge on any atom is -0.366 e. The van der Waals surface area contributed by atoms with Crippen molar-refractivity contribution < 1.29 is 13.2 Å². The maximum Gasteiger partial charge on any atom is 0.248 e. The van der Waals surface area contributed by atoms with Crippen molar-refractivity contribution in [3.05, 3.63) is 28.2 Å². The third-order valence-corrected chi connectivity index (χ3v) is 4.40. The van der Waals surface area contributed by atoms with Gasteiger partial charge in [-0.1, -0.05) is 15.9 Å². The summed E-state index contributed by atoms with van der Waals surface area (Å²) in [6, 6.07) is 4.13. The number of carbonyl (C=O) groups is 1. The van der Waals surface area contributed by atoms with Crippen LogP contribution in [-0.2, 0) is 10.0 Å². The fraction of sp³-hybridized carbons (Fsp3) is 0.364. The first-order chi connectivity index (χ1) is 8.76. The number of halogens is 2. The van der Waals surface area contributed by atoms with Gasteiger partial charge in [0.25, 0.3) is 0 Å². The smallest absolute Gasteiger partial charge is 0.248 e. The van der Waals surface area contributed by atoms with Crippen LogP contribution in [0.1, 0.15) is 17.3 Å². The lowest BCUT2D eigenvalue weighted by Crippen LogP contribution is -2.37. The zero-order valence-electron chi connectivity index (χ0n) is 11.0. The van der Waals surface area contributed by atoms with Crippen LogP contribution in [0.3, 0.4) is 0 Å². The Morgan fingerprint density at radius 1 is 1.40 bits per heavy atom. The molecule has 0 aromatic heterocycles. The summed E-state index contributed by atoms with van der Waals surface area (Å²) in [5, 5.41) is 2.92. The van der Waals surface area contributed by atoms with Gasteiger partial charge in [0.15, 0.2) is 0 Å². The molecule has 0 aliphatic heterocycles. The predicted octanol–water partition coefficient (Wildman–Crippen LogP) is 0.856. The predicted molar refractivity (Wildman–Crippen MR) is 83.6 cm³/mol. The normalized spacial score (nSPS) is 12.6. The highest BCUT2D eigenvalue weighted by Crippen LogP contribution is 2.19.